The maximum atomic E-state index is 12.5. The predicted molar refractivity (Wildman–Crippen MR) is 126 cm³/mol. The summed E-state index contributed by atoms with van der Waals surface area (Å²) in [7, 11) is 0. The summed E-state index contributed by atoms with van der Waals surface area (Å²) in [5, 5.41) is 7.06. The number of thiophene rings is 1. The molecule has 2 unspecified atom stereocenters. The second-order valence-electron chi connectivity index (χ2n) is 7.43. The molecule has 3 aromatic rings. The number of aromatic nitrogens is 1. The number of hydrogen-bond donors (Lipinski definition) is 2. The number of benzene rings is 1. The largest absolute Gasteiger partial charge is 0.352 e. The summed E-state index contributed by atoms with van der Waals surface area (Å²) in [4.78, 5) is 21.7. The SMILES string of the molecule is Cc1ccc(NC(=O)CCN2C(=S)NC(c3ccccn3)C2c2ccc(C)s2)cc1. The quantitative estimate of drug-likeness (QED) is 0.546. The number of nitrogens with zero attached hydrogens (tertiary/aromatic N) is 2. The summed E-state index contributed by atoms with van der Waals surface area (Å²) < 4.78 is 0. The molecule has 4 rings (SSSR count). The number of carbonyl (C=O) groups excluding carboxylic acids is 1. The Morgan fingerprint density at radius 2 is 1.97 bits per heavy atom. The Hall–Kier alpha value is -2.77. The lowest BCUT2D eigenvalue weighted by molar-refractivity contribution is -0.116. The van der Waals surface area contributed by atoms with Gasteiger partial charge in [0.2, 0.25) is 5.91 Å². The van der Waals surface area contributed by atoms with Gasteiger partial charge in [-0.05, 0) is 62.5 Å². The van der Waals surface area contributed by atoms with E-state index < -0.39 is 0 Å². The lowest BCUT2D eigenvalue weighted by Gasteiger charge is -2.26. The first kappa shape index (κ1) is 20.5. The van der Waals surface area contributed by atoms with Crippen LogP contribution in [0.25, 0.3) is 0 Å². The molecule has 0 spiro atoms. The van der Waals surface area contributed by atoms with E-state index in [2.05, 4.69) is 39.6 Å². The molecule has 1 fully saturated rings. The first-order valence-electron chi connectivity index (χ1n) is 9.92. The van der Waals surface area contributed by atoms with Gasteiger partial charge in [0.25, 0.3) is 0 Å². The van der Waals surface area contributed by atoms with Crippen molar-refractivity contribution in [3.8, 4) is 0 Å². The van der Waals surface area contributed by atoms with E-state index in [1.807, 2.05) is 49.4 Å². The fourth-order valence-electron chi connectivity index (χ4n) is 3.65. The number of hydrogen-bond acceptors (Lipinski definition) is 4. The van der Waals surface area contributed by atoms with Crippen LogP contribution in [-0.4, -0.2) is 27.4 Å². The Balaban J connectivity index is 1.51. The van der Waals surface area contributed by atoms with Crippen LogP contribution in [0.1, 0.15) is 39.5 Å². The minimum Gasteiger partial charge on any atom is -0.352 e. The lowest BCUT2D eigenvalue weighted by Crippen LogP contribution is -2.32. The molecule has 0 radical (unpaired) electrons. The van der Waals surface area contributed by atoms with Crippen LogP contribution in [-0.2, 0) is 4.79 Å². The zero-order valence-corrected chi connectivity index (χ0v) is 18.6. The second kappa shape index (κ2) is 8.93. The summed E-state index contributed by atoms with van der Waals surface area (Å²) in [6.07, 6.45) is 2.15. The monoisotopic (exact) mass is 436 g/mol. The van der Waals surface area contributed by atoms with Crippen LogP contribution in [0.3, 0.4) is 0 Å². The Kier molecular flexibility index (Phi) is 6.11. The van der Waals surface area contributed by atoms with E-state index in [0.29, 0.717) is 18.1 Å². The molecular weight excluding hydrogens is 412 g/mol. The third kappa shape index (κ3) is 4.52. The minimum absolute atomic E-state index is 0.0123. The fraction of sp³-hybridized carbons (Fsp3) is 0.261. The van der Waals surface area contributed by atoms with Gasteiger partial charge in [0.1, 0.15) is 0 Å². The van der Waals surface area contributed by atoms with Gasteiger partial charge in [-0.3, -0.25) is 9.78 Å². The van der Waals surface area contributed by atoms with E-state index in [0.717, 1.165) is 16.9 Å². The molecule has 2 N–H and O–H groups in total. The Bertz CT molecular complexity index is 1030. The molecule has 7 heteroatoms. The maximum Gasteiger partial charge on any atom is 0.226 e. The van der Waals surface area contributed by atoms with Crippen LogP contribution in [0, 0.1) is 13.8 Å². The highest BCUT2D eigenvalue weighted by molar-refractivity contribution is 7.80. The van der Waals surface area contributed by atoms with E-state index in [1.54, 1.807) is 17.5 Å². The third-order valence-electron chi connectivity index (χ3n) is 5.17. The van der Waals surface area contributed by atoms with E-state index in [-0.39, 0.29) is 18.0 Å². The number of anilines is 1. The molecule has 5 nitrogen and oxygen atoms in total. The van der Waals surface area contributed by atoms with Gasteiger partial charge >= 0.3 is 0 Å². The van der Waals surface area contributed by atoms with Crippen molar-refractivity contribution < 1.29 is 4.79 Å². The molecule has 3 heterocycles. The van der Waals surface area contributed by atoms with Crippen LogP contribution in [0.15, 0.2) is 60.8 Å². The second-order valence-corrected chi connectivity index (χ2v) is 9.14. The third-order valence-corrected chi connectivity index (χ3v) is 6.59. The van der Waals surface area contributed by atoms with Gasteiger partial charge in [-0.25, -0.2) is 0 Å². The number of amides is 1. The normalized spacial score (nSPS) is 18.3. The van der Waals surface area contributed by atoms with Crippen LogP contribution >= 0.6 is 23.6 Å². The molecule has 1 aliphatic heterocycles. The fourth-order valence-corrected chi connectivity index (χ4v) is 5.01. The van der Waals surface area contributed by atoms with Crippen molar-refractivity contribution in [1.29, 1.82) is 0 Å². The van der Waals surface area contributed by atoms with Gasteiger partial charge in [0, 0.05) is 34.6 Å². The molecule has 2 aromatic heterocycles. The van der Waals surface area contributed by atoms with Gasteiger partial charge in [-0.1, -0.05) is 23.8 Å². The zero-order chi connectivity index (χ0) is 21.1. The van der Waals surface area contributed by atoms with Crippen molar-refractivity contribution in [3.05, 3.63) is 81.8 Å². The molecule has 2 atom stereocenters. The molecule has 1 aromatic carbocycles. The predicted octanol–water partition coefficient (Wildman–Crippen LogP) is 4.76. The van der Waals surface area contributed by atoms with Crippen molar-refractivity contribution in [2.24, 2.45) is 0 Å². The molecule has 0 saturated carbocycles. The van der Waals surface area contributed by atoms with Crippen molar-refractivity contribution >= 4 is 40.3 Å². The van der Waals surface area contributed by atoms with Crippen LogP contribution in [0.2, 0.25) is 0 Å². The number of rotatable bonds is 6. The smallest absolute Gasteiger partial charge is 0.226 e. The number of nitrogens with one attached hydrogen (secondary N) is 2. The summed E-state index contributed by atoms with van der Waals surface area (Å²) in [6.45, 7) is 4.66. The van der Waals surface area contributed by atoms with E-state index in [4.69, 9.17) is 12.2 Å². The molecule has 154 valence electrons. The van der Waals surface area contributed by atoms with Crippen molar-refractivity contribution in [2.45, 2.75) is 32.4 Å². The Labute approximate surface area is 186 Å². The number of pyridine rings is 1. The van der Waals surface area contributed by atoms with Crippen molar-refractivity contribution in [3.63, 3.8) is 0 Å². The number of thiocarbonyl (C=S) groups is 1. The lowest BCUT2D eigenvalue weighted by atomic mass is 10.0. The van der Waals surface area contributed by atoms with Gasteiger partial charge in [0.15, 0.2) is 5.11 Å². The summed E-state index contributed by atoms with van der Waals surface area (Å²) in [5.41, 5.74) is 2.92. The first-order valence-corrected chi connectivity index (χ1v) is 11.1. The van der Waals surface area contributed by atoms with E-state index >= 15 is 0 Å². The van der Waals surface area contributed by atoms with Gasteiger partial charge in [-0.2, -0.15) is 0 Å². The summed E-state index contributed by atoms with van der Waals surface area (Å²) in [5.74, 6) is -0.0240. The van der Waals surface area contributed by atoms with Crippen molar-refractivity contribution in [2.75, 3.05) is 11.9 Å². The highest BCUT2D eigenvalue weighted by Crippen LogP contribution is 2.41. The van der Waals surface area contributed by atoms with E-state index in [9.17, 15) is 4.79 Å². The highest BCUT2D eigenvalue weighted by Gasteiger charge is 2.40. The standard InChI is InChI=1S/C23H24N4OS2/c1-15-6-9-17(10-7-15)25-20(28)12-14-27-22(19-11-8-16(2)30-19)21(26-23(27)29)18-5-3-4-13-24-18/h3-11,13,21-22H,12,14H2,1-2H3,(H,25,28)(H,26,29). The van der Waals surface area contributed by atoms with Crippen LogP contribution < -0.4 is 10.6 Å². The molecule has 1 amide bonds. The van der Waals surface area contributed by atoms with Gasteiger partial charge < -0.3 is 15.5 Å². The molecule has 1 saturated heterocycles. The first-order chi connectivity index (χ1) is 14.5. The topological polar surface area (TPSA) is 57.3 Å². The Morgan fingerprint density at radius 1 is 1.17 bits per heavy atom. The molecular formula is C23H24N4OS2. The highest BCUT2D eigenvalue weighted by atomic mass is 32.1. The van der Waals surface area contributed by atoms with Crippen LogP contribution in [0.4, 0.5) is 5.69 Å². The van der Waals surface area contributed by atoms with Gasteiger partial charge in [-0.15, -0.1) is 11.3 Å². The molecule has 0 aliphatic carbocycles. The molecule has 0 bridgehead atoms. The molecule has 1 aliphatic rings. The average molecular weight is 437 g/mol. The number of carbonyl (C=O) groups is 1. The number of aryl methyl sites for hydroxylation is 2. The minimum atomic E-state index is -0.0445. The summed E-state index contributed by atoms with van der Waals surface area (Å²) in [6, 6.07) is 18.0. The van der Waals surface area contributed by atoms with Crippen LogP contribution in [0.5, 0.6) is 0 Å². The Morgan fingerprint density at radius 3 is 2.63 bits per heavy atom. The van der Waals surface area contributed by atoms with Gasteiger partial charge in [0.05, 0.1) is 17.8 Å². The summed E-state index contributed by atoms with van der Waals surface area (Å²) >= 11 is 7.42. The zero-order valence-electron chi connectivity index (χ0n) is 17.0. The van der Waals surface area contributed by atoms with Crippen molar-refractivity contribution in [1.82, 2.24) is 15.2 Å². The average Bonchev–Trinajstić information content (AvgIpc) is 3.31. The molecule has 30 heavy (non-hydrogen) atoms. The van der Waals surface area contributed by atoms with E-state index in [1.165, 1.54) is 9.75 Å². The maximum absolute atomic E-state index is 12.5.